The van der Waals surface area contributed by atoms with Crippen molar-refractivity contribution in [3.8, 4) is 17.2 Å². The fourth-order valence-corrected chi connectivity index (χ4v) is 2.69. The summed E-state index contributed by atoms with van der Waals surface area (Å²) in [6.45, 7) is 0. The summed E-state index contributed by atoms with van der Waals surface area (Å²) in [6.07, 6.45) is 0.927. The van der Waals surface area contributed by atoms with Gasteiger partial charge >= 0.3 is 15.8 Å². The third-order valence-electron chi connectivity index (χ3n) is 3.45. The fourth-order valence-electron chi connectivity index (χ4n) is 2.25. The van der Waals surface area contributed by atoms with Gasteiger partial charge in [-0.15, -0.1) is 0 Å². The van der Waals surface area contributed by atoms with E-state index < -0.39 is 37.3 Å². The number of benzene rings is 1. The van der Waals surface area contributed by atoms with Gasteiger partial charge in [-0.25, -0.2) is 5.43 Å². The molecule has 1 aromatic heterocycles. The highest BCUT2D eigenvalue weighted by molar-refractivity contribution is 7.85. The Kier molecular flexibility index (Phi) is 6.40. The van der Waals surface area contributed by atoms with E-state index in [2.05, 4.69) is 5.10 Å². The number of nitro benzene ring substituents is 1. The number of amides is 1. The van der Waals surface area contributed by atoms with Crippen molar-refractivity contribution >= 4 is 27.9 Å². The summed E-state index contributed by atoms with van der Waals surface area (Å²) >= 11 is 0. The molecule has 13 nitrogen and oxygen atoms in total. The van der Waals surface area contributed by atoms with Gasteiger partial charge in [-0.1, -0.05) is 0 Å². The maximum absolute atomic E-state index is 12.4. The topological polar surface area (TPSA) is 180 Å². The maximum atomic E-state index is 12.4. The molecule has 2 aromatic rings. The summed E-state index contributed by atoms with van der Waals surface area (Å²) in [5, 5.41) is 14.3. The van der Waals surface area contributed by atoms with Crippen LogP contribution in [0.5, 0.6) is 17.2 Å². The van der Waals surface area contributed by atoms with E-state index in [1.807, 2.05) is 5.43 Å². The molecule has 29 heavy (non-hydrogen) atoms. The van der Waals surface area contributed by atoms with Crippen LogP contribution in [0.1, 0.15) is 16.1 Å². The Balaban J connectivity index is 2.37. The molecule has 14 heteroatoms. The lowest BCUT2D eigenvalue weighted by atomic mass is 10.1. The van der Waals surface area contributed by atoms with Crippen molar-refractivity contribution in [1.29, 1.82) is 0 Å². The molecule has 0 aliphatic carbocycles. The Bertz CT molecular complexity index is 1070. The maximum Gasteiger partial charge on any atom is 0.328 e. The minimum absolute atomic E-state index is 0.00732. The molecule has 0 bridgehead atoms. The zero-order valence-corrected chi connectivity index (χ0v) is 16.1. The smallest absolute Gasteiger partial charge is 0.328 e. The summed E-state index contributed by atoms with van der Waals surface area (Å²) in [5.41, 5.74) is 0.926. The molecule has 2 rings (SSSR count). The number of carbonyl (C=O) groups is 1. The third kappa shape index (κ3) is 4.61. The first-order valence-corrected chi connectivity index (χ1v) is 8.96. The molecule has 0 atom stereocenters. The van der Waals surface area contributed by atoms with E-state index in [9.17, 15) is 23.3 Å². The van der Waals surface area contributed by atoms with E-state index in [1.54, 1.807) is 0 Å². The number of ether oxygens (including phenoxy) is 3. The van der Waals surface area contributed by atoms with Crippen molar-refractivity contribution in [1.82, 2.24) is 5.43 Å². The highest BCUT2D eigenvalue weighted by atomic mass is 32.2. The van der Waals surface area contributed by atoms with Gasteiger partial charge in [0.2, 0.25) is 16.6 Å². The molecule has 1 aromatic carbocycles. The van der Waals surface area contributed by atoms with Crippen LogP contribution in [-0.2, 0) is 10.1 Å². The molecule has 1 heterocycles. The van der Waals surface area contributed by atoms with Crippen molar-refractivity contribution in [3.05, 3.63) is 39.6 Å². The van der Waals surface area contributed by atoms with Crippen molar-refractivity contribution in [2.45, 2.75) is 5.09 Å². The second kappa shape index (κ2) is 8.57. The molecule has 0 radical (unpaired) electrons. The van der Waals surface area contributed by atoms with Crippen LogP contribution in [0.4, 0.5) is 5.69 Å². The second-order valence-electron chi connectivity index (χ2n) is 5.13. The molecular formula is C15H15N3O10S. The first-order valence-electron chi connectivity index (χ1n) is 7.52. The molecule has 0 fully saturated rings. The van der Waals surface area contributed by atoms with Gasteiger partial charge in [0.25, 0.3) is 5.91 Å². The molecule has 0 saturated heterocycles. The predicted octanol–water partition coefficient (Wildman–Crippen LogP) is 1.22. The lowest BCUT2D eigenvalue weighted by Gasteiger charge is -2.14. The Hall–Kier alpha value is -3.65. The molecule has 1 amide bonds. The first-order chi connectivity index (χ1) is 13.6. The molecule has 2 N–H and O–H groups in total. The molecule has 0 aliphatic heterocycles. The molecular weight excluding hydrogens is 414 g/mol. The van der Waals surface area contributed by atoms with Crippen LogP contribution in [0.25, 0.3) is 0 Å². The van der Waals surface area contributed by atoms with Gasteiger partial charge in [0.05, 0.1) is 32.5 Å². The minimum Gasteiger partial charge on any atom is -0.493 e. The SMILES string of the molecule is COc1cc(C(=O)NN=Cc2ccc(S(=O)(=O)O)o2)c([N+](=O)[O-])c(OC)c1OC. The van der Waals surface area contributed by atoms with Gasteiger partial charge in [0, 0.05) is 6.07 Å². The summed E-state index contributed by atoms with van der Waals surface area (Å²) in [6, 6.07) is 3.22. The van der Waals surface area contributed by atoms with Gasteiger partial charge in [-0.3, -0.25) is 19.5 Å². The zero-order valence-electron chi connectivity index (χ0n) is 15.2. The van der Waals surface area contributed by atoms with Crippen LogP contribution in [0.3, 0.4) is 0 Å². The number of hydrogen-bond donors (Lipinski definition) is 2. The van der Waals surface area contributed by atoms with Crippen molar-refractivity contribution < 1.29 is 41.3 Å². The number of carbonyl (C=O) groups excluding carboxylic acids is 1. The van der Waals surface area contributed by atoms with Crippen LogP contribution in [-0.4, -0.2) is 51.3 Å². The van der Waals surface area contributed by atoms with Gasteiger partial charge in [0.15, 0.2) is 5.75 Å². The largest absolute Gasteiger partial charge is 0.493 e. The summed E-state index contributed by atoms with van der Waals surface area (Å²) < 4.78 is 50.7. The van der Waals surface area contributed by atoms with Crippen molar-refractivity contribution in [3.63, 3.8) is 0 Å². The van der Waals surface area contributed by atoms with Crippen LogP contribution in [0.2, 0.25) is 0 Å². The summed E-state index contributed by atoms with van der Waals surface area (Å²) in [5.74, 6) is -1.50. The number of nitrogens with one attached hydrogen (secondary N) is 1. The normalized spacial score (nSPS) is 11.3. The van der Waals surface area contributed by atoms with E-state index in [0.29, 0.717) is 0 Å². The van der Waals surface area contributed by atoms with E-state index in [1.165, 1.54) is 20.3 Å². The quantitative estimate of drug-likeness (QED) is 0.268. The Labute approximate surface area is 163 Å². The Morgan fingerprint density at radius 3 is 2.38 bits per heavy atom. The Morgan fingerprint density at radius 2 is 1.90 bits per heavy atom. The van der Waals surface area contributed by atoms with Gasteiger partial charge < -0.3 is 18.6 Å². The number of hydrogen-bond acceptors (Lipinski definition) is 10. The average molecular weight is 429 g/mol. The van der Waals surface area contributed by atoms with Gasteiger partial charge in [0.1, 0.15) is 11.3 Å². The van der Waals surface area contributed by atoms with Crippen LogP contribution in [0.15, 0.2) is 32.8 Å². The lowest BCUT2D eigenvalue weighted by molar-refractivity contribution is -0.386. The van der Waals surface area contributed by atoms with Gasteiger partial charge in [-0.05, 0) is 12.1 Å². The Morgan fingerprint density at radius 1 is 1.24 bits per heavy atom. The van der Waals surface area contributed by atoms with Crippen LogP contribution in [0, 0.1) is 10.1 Å². The average Bonchev–Trinajstić information content (AvgIpc) is 3.15. The molecule has 0 aliphatic rings. The van der Waals surface area contributed by atoms with E-state index in [4.69, 9.17) is 23.2 Å². The third-order valence-corrected chi connectivity index (χ3v) is 4.17. The summed E-state index contributed by atoms with van der Waals surface area (Å²) in [7, 11) is -0.854. The second-order valence-corrected chi connectivity index (χ2v) is 6.48. The lowest BCUT2D eigenvalue weighted by Crippen LogP contribution is -2.19. The number of hydrazone groups is 1. The zero-order chi connectivity index (χ0) is 21.8. The number of nitrogens with zero attached hydrogens (tertiary/aromatic N) is 2. The van der Waals surface area contributed by atoms with E-state index in [0.717, 1.165) is 25.5 Å². The molecule has 0 saturated carbocycles. The highest BCUT2D eigenvalue weighted by Crippen LogP contribution is 2.46. The number of nitro groups is 1. The van der Waals surface area contributed by atoms with Crippen LogP contribution >= 0.6 is 0 Å². The van der Waals surface area contributed by atoms with Crippen molar-refractivity contribution in [2.24, 2.45) is 5.10 Å². The van der Waals surface area contributed by atoms with Crippen molar-refractivity contribution in [2.75, 3.05) is 21.3 Å². The number of methoxy groups -OCH3 is 3. The summed E-state index contributed by atoms with van der Waals surface area (Å²) in [4.78, 5) is 23.1. The van der Waals surface area contributed by atoms with E-state index in [-0.39, 0.29) is 23.0 Å². The fraction of sp³-hybridized carbons (Fsp3) is 0.200. The standard InChI is InChI=1S/C15H15N3O10S/c1-25-10-6-9(12(18(20)21)14(27-3)13(10)26-2)15(19)17-16-7-8-4-5-11(28-8)29(22,23)24/h4-7H,1-3H3,(H,17,19)(H,22,23,24). The molecule has 0 spiro atoms. The van der Waals surface area contributed by atoms with E-state index >= 15 is 0 Å². The van der Waals surface area contributed by atoms with Gasteiger partial charge in [-0.2, -0.15) is 13.5 Å². The molecule has 0 unspecified atom stereocenters. The molecule has 156 valence electrons. The predicted molar refractivity (Wildman–Crippen MR) is 96.3 cm³/mol. The monoisotopic (exact) mass is 429 g/mol. The first kappa shape index (κ1) is 21.6. The minimum atomic E-state index is -4.53. The van der Waals surface area contributed by atoms with Crippen LogP contribution < -0.4 is 19.6 Å². The number of rotatable bonds is 8. The highest BCUT2D eigenvalue weighted by Gasteiger charge is 2.32. The number of furan rings is 1.